The first-order valence-corrected chi connectivity index (χ1v) is 11.8. The standard InChI is InChI=1S/C27H36N3O2/c1-26(2)19-22(27(3,4)30(26)32)25(31)28(5)17-10-18-29-23-13-8-6-11-20(23)15-16-21-12-7-9-14-24(21)29/h6-9,11-14,22H,10,15-19H2,1-5H3/q-1. The van der Waals surface area contributed by atoms with Gasteiger partial charge >= 0.3 is 0 Å². The Kier molecular flexibility index (Phi) is 6.08. The van der Waals surface area contributed by atoms with Crippen molar-refractivity contribution in [3.05, 3.63) is 64.9 Å². The van der Waals surface area contributed by atoms with Gasteiger partial charge in [0.1, 0.15) is 0 Å². The Morgan fingerprint density at radius 1 is 1.00 bits per heavy atom. The average Bonchev–Trinajstić information content (AvgIpc) is 2.88. The molecule has 32 heavy (non-hydrogen) atoms. The van der Waals surface area contributed by atoms with Gasteiger partial charge in [0.25, 0.3) is 0 Å². The number of carbonyl (C=O) groups excluding carboxylic acids is 1. The highest BCUT2D eigenvalue weighted by molar-refractivity contribution is 5.80. The minimum Gasteiger partial charge on any atom is -0.784 e. The quantitative estimate of drug-likeness (QED) is 0.653. The first-order chi connectivity index (χ1) is 15.1. The van der Waals surface area contributed by atoms with Gasteiger partial charge in [0, 0.05) is 42.6 Å². The third kappa shape index (κ3) is 4.04. The minimum absolute atomic E-state index is 0.0816. The molecule has 0 bridgehead atoms. The first kappa shape index (κ1) is 22.8. The molecule has 1 saturated heterocycles. The topological polar surface area (TPSA) is 49.8 Å². The molecular weight excluding hydrogens is 398 g/mol. The van der Waals surface area contributed by atoms with Gasteiger partial charge in [-0.3, -0.25) is 4.79 Å². The van der Waals surface area contributed by atoms with Gasteiger partial charge < -0.3 is 20.1 Å². The fourth-order valence-corrected chi connectivity index (χ4v) is 5.60. The summed E-state index contributed by atoms with van der Waals surface area (Å²) in [7, 11) is 1.88. The number of amides is 1. The molecule has 2 aliphatic heterocycles. The average molecular weight is 435 g/mol. The molecule has 1 atom stereocenters. The molecule has 2 aromatic carbocycles. The molecule has 0 spiro atoms. The van der Waals surface area contributed by atoms with E-state index in [4.69, 9.17) is 0 Å². The number of hydroxylamine groups is 2. The molecule has 1 amide bonds. The van der Waals surface area contributed by atoms with Crippen LogP contribution in [0.4, 0.5) is 11.4 Å². The summed E-state index contributed by atoms with van der Waals surface area (Å²) < 4.78 is 0. The van der Waals surface area contributed by atoms with Crippen molar-refractivity contribution in [1.29, 1.82) is 0 Å². The molecule has 5 heteroatoms. The fraction of sp³-hybridized carbons (Fsp3) is 0.519. The molecule has 0 aromatic heterocycles. The molecule has 1 unspecified atom stereocenters. The summed E-state index contributed by atoms with van der Waals surface area (Å²) in [6.07, 6.45) is 3.54. The van der Waals surface area contributed by atoms with Gasteiger partial charge in [-0.2, -0.15) is 0 Å². The summed E-state index contributed by atoms with van der Waals surface area (Å²) >= 11 is 0. The van der Waals surface area contributed by atoms with Crippen LogP contribution in [0.25, 0.3) is 0 Å². The van der Waals surface area contributed by atoms with Gasteiger partial charge in [-0.05, 0) is 76.6 Å². The second-order valence-corrected chi connectivity index (χ2v) is 10.5. The summed E-state index contributed by atoms with van der Waals surface area (Å²) in [6, 6.07) is 17.3. The summed E-state index contributed by atoms with van der Waals surface area (Å²) in [5.74, 6) is -0.197. The van der Waals surface area contributed by atoms with Gasteiger partial charge in [0.2, 0.25) is 5.91 Å². The van der Waals surface area contributed by atoms with Gasteiger partial charge in [-0.25, -0.2) is 0 Å². The molecule has 0 saturated carbocycles. The lowest BCUT2D eigenvalue weighted by atomic mass is 9.86. The maximum atomic E-state index is 13.3. The highest BCUT2D eigenvalue weighted by Gasteiger charge is 2.50. The van der Waals surface area contributed by atoms with Crippen LogP contribution in [0, 0.1) is 11.1 Å². The second-order valence-electron chi connectivity index (χ2n) is 10.5. The molecular formula is C27H36N3O2-. The number of anilines is 2. The van der Waals surface area contributed by atoms with E-state index in [1.165, 1.54) is 22.5 Å². The van der Waals surface area contributed by atoms with E-state index in [1.54, 1.807) is 0 Å². The number of benzene rings is 2. The molecule has 0 aliphatic carbocycles. The highest BCUT2D eigenvalue weighted by atomic mass is 16.5. The van der Waals surface area contributed by atoms with E-state index in [0.29, 0.717) is 13.0 Å². The summed E-state index contributed by atoms with van der Waals surface area (Å²) in [6.45, 7) is 9.18. The van der Waals surface area contributed by atoms with E-state index in [2.05, 4.69) is 53.4 Å². The molecule has 2 aromatic rings. The molecule has 5 nitrogen and oxygen atoms in total. The van der Waals surface area contributed by atoms with E-state index < -0.39 is 11.1 Å². The van der Waals surface area contributed by atoms with E-state index in [0.717, 1.165) is 30.9 Å². The van der Waals surface area contributed by atoms with E-state index >= 15 is 0 Å². The third-order valence-corrected chi connectivity index (χ3v) is 7.41. The minimum atomic E-state index is -0.683. The highest BCUT2D eigenvalue weighted by Crippen LogP contribution is 2.44. The first-order valence-electron chi connectivity index (χ1n) is 11.8. The Morgan fingerprint density at radius 3 is 2.03 bits per heavy atom. The van der Waals surface area contributed by atoms with Crippen LogP contribution in [-0.4, -0.2) is 47.1 Å². The van der Waals surface area contributed by atoms with Gasteiger partial charge in [0.15, 0.2) is 0 Å². The number of carbonyl (C=O) groups is 1. The molecule has 0 radical (unpaired) electrons. The van der Waals surface area contributed by atoms with Crippen LogP contribution in [0.5, 0.6) is 0 Å². The molecule has 4 rings (SSSR count). The Hall–Kier alpha value is -2.37. The van der Waals surface area contributed by atoms with Crippen molar-refractivity contribution < 1.29 is 4.79 Å². The Labute approximate surface area is 192 Å². The van der Waals surface area contributed by atoms with Crippen LogP contribution in [-0.2, 0) is 17.6 Å². The van der Waals surface area contributed by atoms with E-state index in [1.807, 2.05) is 39.6 Å². The maximum absolute atomic E-state index is 13.3. The zero-order valence-corrected chi connectivity index (χ0v) is 20.1. The van der Waals surface area contributed by atoms with Crippen molar-refractivity contribution >= 4 is 17.3 Å². The predicted molar refractivity (Wildman–Crippen MR) is 131 cm³/mol. The van der Waals surface area contributed by atoms with Crippen molar-refractivity contribution in [2.45, 2.75) is 64.5 Å². The Bertz CT molecular complexity index is 937. The number of nitrogens with zero attached hydrogens (tertiary/aromatic N) is 3. The molecule has 2 heterocycles. The number of rotatable bonds is 5. The number of hydrogen-bond acceptors (Lipinski definition) is 4. The zero-order valence-electron chi connectivity index (χ0n) is 20.1. The smallest absolute Gasteiger partial charge is 0.227 e. The molecule has 1 fully saturated rings. The number of fused-ring (bicyclic) bond motifs is 2. The predicted octanol–water partition coefficient (Wildman–Crippen LogP) is 5.15. The zero-order chi connectivity index (χ0) is 23.1. The van der Waals surface area contributed by atoms with E-state index in [9.17, 15) is 10.0 Å². The van der Waals surface area contributed by atoms with Gasteiger partial charge in [-0.1, -0.05) is 36.4 Å². The third-order valence-electron chi connectivity index (χ3n) is 7.41. The molecule has 0 N–H and O–H groups in total. The lowest BCUT2D eigenvalue weighted by molar-refractivity contribution is -0.136. The lowest BCUT2D eigenvalue weighted by Gasteiger charge is -2.47. The Morgan fingerprint density at radius 2 is 1.53 bits per heavy atom. The Balaban J connectivity index is 1.46. The maximum Gasteiger partial charge on any atom is 0.227 e. The van der Waals surface area contributed by atoms with Crippen LogP contribution in [0.1, 0.15) is 51.7 Å². The number of aryl methyl sites for hydroxylation is 2. The lowest BCUT2D eigenvalue weighted by Crippen LogP contribution is -2.49. The van der Waals surface area contributed by atoms with Crippen LogP contribution >= 0.6 is 0 Å². The van der Waals surface area contributed by atoms with Gasteiger partial charge in [-0.15, -0.1) is 0 Å². The summed E-state index contributed by atoms with van der Waals surface area (Å²) in [5.41, 5.74) is 4.10. The van der Waals surface area contributed by atoms with Crippen molar-refractivity contribution in [2.24, 2.45) is 5.92 Å². The molecule has 2 aliphatic rings. The SMILES string of the molecule is CN(CCCN1c2ccccc2CCc2ccccc21)C(=O)C1CC(C)(C)N([O-])C1(C)C. The van der Waals surface area contributed by atoms with Crippen molar-refractivity contribution in [1.82, 2.24) is 9.96 Å². The van der Waals surface area contributed by atoms with E-state index in [-0.39, 0.29) is 11.8 Å². The fourth-order valence-electron chi connectivity index (χ4n) is 5.60. The van der Waals surface area contributed by atoms with Gasteiger partial charge in [0.05, 0.1) is 5.92 Å². The van der Waals surface area contributed by atoms with Crippen molar-refractivity contribution in [3.63, 3.8) is 0 Å². The largest absolute Gasteiger partial charge is 0.784 e. The summed E-state index contributed by atoms with van der Waals surface area (Å²) in [5, 5.41) is 13.8. The van der Waals surface area contributed by atoms with Crippen molar-refractivity contribution in [3.8, 4) is 0 Å². The summed E-state index contributed by atoms with van der Waals surface area (Å²) in [4.78, 5) is 17.5. The van der Waals surface area contributed by atoms with Crippen LogP contribution < -0.4 is 4.90 Å². The van der Waals surface area contributed by atoms with Crippen molar-refractivity contribution in [2.75, 3.05) is 25.0 Å². The second kappa shape index (κ2) is 8.53. The van der Waals surface area contributed by atoms with Crippen LogP contribution in [0.3, 0.4) is 0 Å². The van der Waals surface area contributed by atoms with Crippen LogP contribution in [0.15, 0.2) is 48.5 Å². The number of para-hydroxylation sites is 2. The number of hydrogen-bond donors (Lipinski definition) is 0. The molecule has 172 valence electrons. The monoisotopic (exact) mass is 434 g/mol. The van der Waals surface area contributed by atoms with Crippen LogP contribution in [0.2, 0.25) is 0 Å². The normalized spacial score (nSPS) is 21.6.